The lowest BCUT2D eigenvalue weighted by Crippen LogP contribution is -1.99. The lowest BCUT2D eigenvalue weighted by atomic mass is 9.98. The Labute approximate surface area is 118 Å². The lowest BCUT2D eigenvalue weighted by molar-refractivity contribution is 0.195. The Morgan fingerprint density at radius 3 is 2.84 bits per heavy atom. The van der Waals surface area contributed by atoms with Crippen LogP contribution < -0.4 is 5.48 Å². The molecule has 0 aliphatic rings. The molecule has 4 heteroatoms. The minimum Gasteiger partial charge on any atom is -0.275 e. The second-order valence-electron chi connectivity index (χ2n) is 4.58. The van der Waals surface area contributed by atoms with Gasteiger partial charge in [0.15, 0.2) is 0 Å². The quantitative estimate of drug-likeness (QED) is 0.606. The largest absolute Gasteiger partial charge is 0.275 e. The molecular formula is C15H20N2OS. The molecule has 0 saturated carbocycles. The fraction of sp³-hybridized carbons (Fsp3) is 0.400. The van der Waals surface area contributed by atoms with E-state index in [1.807, 2.05) is 12.3 Å². The monoisotopic (exact) mass is 276 g/mol. The van der Waals surface area contributed by atoms with Crippen molar-refractivity contribution in [1.82, 2.24) is 4.98 Å². The van der Waals surface area contributed by atoms with E-state index < -0.39 is 0 Å². The summed E-state index contributed by atoms with van der Waals surface area (Å²) in [5.41, 5.74) is 4.29. The third kappa shape index (κ3) is 4.33. The molecule has 1 aromatic heterocycles. The Kier molecular flexibility index (Phi) is 5.36. The average Bonchev–Trinajstić information content (AvgIpc) is 2.88. The van der Waals surface area contributed by atoms with Crippen LogP contribution in [0, 0.1) is 0 Å². The van der Waals surface area contributed by atoms with Gasteiger partial charge in [-0.25, -0.2) is 4.98 Å². The van der Waals surface area contributed by atoms with Crippen molar-refractivity contribution in [1.29, 1.82) is 0 Å². The van der Waals surface area contributed by atoms with E-state index in [1.165, 1.54) is 5.56 Å². The highest BCUT2D eigenvalue weighted by Gasteiger charge is 2.09. The van der Waals surface area contributed by atoms with Crippen molar-refractivity contribution in [3.63, 3.8) is 0 Å². The highest BCUT2D eigenvalue weighted by atomic mass is 32.1. The zero-order chi connectivity index (χ0) is 13.5. The second kappa shape index (κ2) is 7.26. The summed E-state index contributed by atoms with van der Waals surface area (Å²) in [5, 5.41) is 2.11. The van der Waals surface area contributed by atoms with Gasteiger partial charge in [-0.15, -0.1) is 0 Å². The van der Waals surface area contributed by atoms with Crippen LogP contribution in [0.5, 0.6) is 0 Å². The van der Waals surface area contributed by atoms with Gasteiger partial charge in [0, 0.05) is 6.42 Å². The molecule has 1 unspecified atom stereocenters. The van der Waals surface area contributed by atoms with E-state index >= 15 is 0 Å². The summed E-state index contributed by atoms with van der Waals surface area (Å²) in [6.45, 7) is 5.03. The Morgan fingerprint density at radius 2 is 2.11 bits per heavy atom. The van der Waals surface area contributed by atoms with Crippen molar-refractivity contribution in [2.75, 3.05) is 12.1 Å². The van der Waals surface area contributed by atoms with Crippen LogP contribution in [0.2, 0.25) is 0 Å². The van der Waals surface area contributed by atoms with E-state index in [1.54, 1.807) is 11.3 Å². The summed E-state index contributed by atoms with van der Waals surface area (Å²) in [7, 11) is 0. The second-order valence-corrected chi connectivity index (χ2v) is 5.70. The molecule has 0 radical (unpaired) electrons. The summed E-state index contributed by atoms with van der Waals surface area (Å²) in [5.74, 6) is 0.483. The minimum absolute atomic E-state index is 0.483. The van der Waals surface area contributed by atoms with Gasteiger partial charge >= 0.3 is 0 Å². The zero-order valence-corrected chi connectivity index (χ0v) is 12.2. The van der Waals surface area contributed by atoms with Crippen molar-refractivity contribution < 1.29 is 4.84 Å². The normalized spacial score (nSPS) is 12.3. The van der Waals surface area contributed by atoms with Crippen LogP contribution in [0.3, 0.4) is 0 Å². The number of benzene rings is 1. The molecule has 0 fully saturated rings. The Hall–Kier alpha value is -1.39. The van der Waals surface area contributed by atoms with E-state index in [0.717, 1.165) is 22.9 Å². The number of hydrogen-bond donors (Lipinski definition) is 1. The topological polar surface area (TPSA) is 34.1 Å². The summed E-state index contributed by atoms with van der Waals surface area (Å²) in [4.78, 5) is 9.73. The predicted octanol–water partition coefficient (Wildman–Crippen LogP) is 4.24. The van der Waals surface area contributed by atoms with Crippen LogP contribution in [0.1, 0.15) is 36.8 Å². The van der Waals surface area contributed by atoms with Crippen LogP contribution in [-0.2, 0) is 11.3 Å². The maximum Gasteiger partial charge on any atom is 0.133 e. The van der Waals surface area contributed by atoms with Crippen molar-refractivity contribution in [2.45, 2.75) is 32.6 Å². The van der Waals surface area contributed by atoms with Crippen molar-refractivity contribution in [3.8, 4) is 0 Å². The van der Waals surface area contributed by atoms with E-state index in [0.29, 0.717) is 12.5 Å². The molecule has 1 atom stereocenters. The Morgan fingerprint density at radius 1 is 1.32 bits per heavy atom. The van der Waals surface area contributed by atoms with Gasteiger partial charge in [0.1, 0.15) is 5.00 Å². The molecular weight excluding hydrogens is 256 g/mol. The maximum absolute atomic E-state index is 5.29. The highest BCUT2D eigenvalue weighted by molar-refractivity contribution is 7.15. The average molecular weight is 276 g/mol. The van der Waals surface area contributed by atoms with Gasteiger partial charge in [-0.3, -0.25) is 10.3 Å². The molecule has 0 aliphatic carbocycles. The first kappa shape index (κ1) is 14.0. The smallest absolute Gasteiger partial charge is 0.133 e. The SMILES string of the molecule is CCCONc1cnc(CC(C)c2ccccc2)s1. The molecule has 0 spiro atoms. The Bertz CT molecular complexity index is 484. The van der Waals surface area contributed by atoms with Crippen molar-refractivity contribution in [2.24, 2.45) is 0 Å². The summed E-state index contributed by atoms with van der Waals surface area (Å²) in [6.07, 6.45) is 3.81. The third-order valence-corrected chi connectivity index (χ3v) is 3.80. The standard InChI is InChI=1S/C15H20N2OS/c1-3-9-18-17-15-11-16-14(19-15)10-12(2)13-7-5-4-6-8-13/h4-8,11-12,17H,3,9-10H2,1-2H3. The van der Waals surface area contributed by atoms with Crippen LogP contribution >= 0.6 is 11.3 Å². The van der Waals surface area contributed by atoms with Gasteiger partial charge in [0.2, 0.25) is 0 Å². The number of hydrogen-bond acceptors (Lipinski definition) is 4. The van der Waals surface area contributed by atoms with E-state index in [-0.39, 0.29) is 0 Å². The maximum atomic E-state index is 5.29. The number of rotatable bonds is 7. The summed E-state index contributed by atoms with van der Waals surface area (Å²) < 4.78 is 0. The molecule has 1 N–H and O–H groups in total. The molecule has 2 aromatic rings. The van der Waals surface area contributed by atoms with Crippen molar-refractivity contribution in [3.05, 3.63) is 47.1 Å². The van der Waals surface area contributed by atoms with Gasteiger partial charge in [0.25, 0.3) is 0 Å². The van der Waals surface area contributed by atoms with Crippen LogP contribution in [0.4, 0.5) is 5.00 Å². The number of anilines is 1. The van der Waals surface area contributed by atoms with E-state index in [4.69, 9.17) is 4.84 Å². The zero-order valence-electron chi connectivity index (χ0n) is 11.4. The predicted molar refractivity (Wildman–Crippen MR) is 80.5 cm³/mol. The first-order chi connectivity index (χ1) is 9.29. The molecule has 19 heavy (non-hydrogen) atoms. The molecule has 1 aromatic carbocycles. The minimum atomic E-state index is 0.483. The molecule has 0 saturated heterocycles. The third-order valence-electron chi connectivity index (χ3n) is 2.88. The number of aromatic nitrogens is 1. The molecule has 1 heterocycles. The Balaban J connectivity index is 1.89. The van der Waals surface area contributed by atoms with Gasteiger partial charge < -0.3 is 0 Å². The molecule has 0 bridgehead atoms. The summed E-state index contributed by atoms with van der Waals surface area (Å²) in [6, 6.07) is 10.6. The lowest BCUT2D eigenvalue weighted by Gasteiger charge is -2.09. The molecule has 0 aliphatic heterocycles. The molecule has 3 nitrogen and oxygen atoms in total. The number of nitrogens with one attached hydrogen (secondary N) is 1. The summed E-state index contributed by atoms with van der Waals surface area (Å²) >= 11 is 1.66. The molecule has 102 valence electrons. The highest BCUT2D eigenvalue weighted by Crippen LogP contribution is 2.25. The molecule has 2 rings (SSSR count). The molecule has 0 amide bonds. The number of nitrogens with zero attached hydrogens (tertiary/aromatic N) is 1. The van der Waals surface area contributed by atoms with Crippen molar-refractivity contribution >= 4 is 16.3 Å². The number of thiazole rings is 1. The van der Waals surface area contributed by atoms with Gasteiger partial charge in [-0.2, -0.15) is 0 Å². The van der Waals surface area contributed by atoms with Gasteiger partial charge in [0.05, 0.1) is 17.8 Å². The van der Waals surface area contributed by atoms with Crippen LogP contribution in [0.25, 0.3) is 0 Å². The van der Waals surface area contributed by atoms with Gasteiger partial charge in [-0.05, 0) is 17.9 Å². The first-order valence-corrected chi connectivity index (χ1v) is 7.48. The van der Waals surface area contributed by atoms with Crippen LogP contribution in [-0.4, -0.2) is 11.6 Å². The fourth-order valence-electron chi connectivity index (χ4n) is 1.84. The first-order valence-electron chi connectivity index (χ1n) is 6.67. The van der Waals surface area contributed by atoms with Gasteiger partial charge in [-0.1, -0.05) is 55.5 Å². The fourth-order valence-corrected chi connectivity index (χ4v) is 2.74. The van der Waals surface area contributed by atoms with E-state index in [2.05, 4.69) is 48.6 Å². The van der Waals surface area contributed by atoms with Crippen LogP contribution in [0.15, 0.2) is 36.5 Å². The van der Waals surface area contributed by atoms with E-state index in [9.17, 15) is 0 Å².